The number of amides is 3. The maximum absolute atomic E-state index is 13.3. The fourth-order valence-corrected chi connectivity index (χ4v) is 4.65. The number of carboxylic acids is 2. The Kier molecular flexibility index (Phi) is 12.9. The Balaban J connectivity index is 2.18. The maximum Gasteiger partial charge on any atom is 0.326 e. The van der Waals surface area contributed by atoms with Gasteiger partial charge in [0.1, 0.15) is 18.1 Å². The summed E-state index contributed by atoms with van der Waals surface area (Å²) in [7, 11) is 0. The summed E-state index contributed by atoms with van der Waals surface area (Å²) < 4.78 is 0. The zero-order chi connectivity index (χ0) is 29.8. The smallest absolute Gasteiger partial charge is 0.326 e. The van der Waals surface area contributed by atoms with Crippen LogP contribution in [0.5, 0.6) is 0 Å². The number of hydrogen-bond acceptors (Lipinski definition) is 7. The minimum absolute atomic E-state index is 0.0126. The predicted octanol–water partition coefficient (Wildman–Crippen LogP) is 1.24. The molecule has 8 N–H and O–H groups in total. The SMILES string of the molecule is CSCCC(N)C(=O)NC(CCC(=O)O)C(=O)NC(CC(C)C)C(=O)NC(Cc1c[nH]c2ccccc12)C(=O)O. The van der Waals surface area contributed by atoms with Crippen molar-refractivity contribution in [2.45, 2.75) is 70.1 Å². The molecule has 2 aromatic rings. The predicted molar refractivity (Wildman–Crippen MR) is 153 cm³/mol. The molecular weight excluding hydrogens is 538 g/mol. The van der Waals surface area contributed by atoms with Gasteiger partial charge in [0.2, 0.25) is 17.7 Å². The van der Waals surface area contributed by atoms with Crippen LogP contribution in [0, 0.1) is 5.92 Å². The lowest BCUT2D eigenvalue weighted by Gasteiger charge is -2.26. The molecule has 0 saturated carbocycles. The Morgan fingerprint density at radius 3 is 2.17 bits per heavy atom. The van der Waals surface area contributed by atoms with Crippen LogP contribution in [0.1, 0.15) is 45.1 Å². The molecule has 0 aliphatic heterocycles. The van der Waals surface area contributed by atoms with Crippen LogP contribution in [0.15, 0.2) is 30.5 Å². The summed E-state index contributed by atoms with van der Waals surface area (Å²) in [6, 6.07) is 2.87. The van der Waals surface area contributed by atoms with E-state index in [9.17, 15) is 29.1 Å². The Morgan fingerprint density at radius 1 is 0.925 bits per heavy atom. The first-order valence-corrected chi connectivity index (χ1v) is 14.5. The first-order valence-electron chi connectivity index (χ1n) is 13.1. The third-order valence-corrected chi connectivity index (χ3v) is 6.95. The average Bonchev–Trinajstić information content (AvgIpc) is 3.30. The number of H-pyrrole nitrogens is 1. The summed E-state index contributed by atoms with van der Waals surface area (Å²) >= 11 is 1.51. The number of fused-ring (bicyclic) bond motifs is 1. The molecule has 220 valence electrons. The number of carboxylic acid groups (broad SMARTS) is 2. The van der Waals surface area contributed by atoms with Gasteiger partial charge in [0.25, 0.3) is 0 Å². The topological polar surface area (TPSA) is 204 Å². The number of thioether (sulfide) groups is 1. The molecule has 2 rings (SSSR count). The van der Waals surface area contributed by atoms with Crippen molar-refractivity contribution in [1.82, 2.24) is 20.9 Å². The minimum atomic E-state index is -1.27. The van der Waals surface area contributed by atoms with Gasteiger partial charge in [-0.1, -0.05) is 32.0 Å². The zero-order valence-electron chi connectivity index (χ0n) is 22.9. The van der Waals surface area contributed by atoms with E-state index in [1.807, 2.05) is 44.4 Å². The highest BCUT2D eigenvalue weighted by Crippen LogP contribution is 2.19. The van der Waals surface area contributed by atoms with E-state index in [-0.39, 0.29) is 25.2 Å². The highest BCUT2D eigenvalue weighted by atomic mass is 32.2. The van der Waals surface area contributed by atoms with E-state index >= 15 is 0 Å². The molecule has 1 heterocycles. The van der Waals surface area contributed by atoms with Crippen molar-refractivity contribution in [3.63, 3.8) is 0 Å². The summed E-state index contributed by atoms with van der Waals surface area (Å²) in [6.07, 6.45) is 3.51. The molecule has 0 radical (unpaired) electrons. The van der Waals surface area contributed by atoms with Crippen LogP contribution in [0.4, 0.5) is 0 Å². The third kappa shape index (κ3) is 10.2. The molecule has 4 atom stereocenters. The van der Waals surface area contributed by atoms with Crippen LogP contribution in [0.2, 0.25) is 0 Å². The summed E-state index contributed by atoms with van der Waals surface area (Å²) in [5.41, 5.74) is 7.44. The lowest BCUT2D eigenvalue weighted by molar-refractivity contribution is -0.142. The van der Waals surface area contributed by atoms with Gasteiger partial charge in [-0.3, -0.25) is 19.2 Å². The largest absolute Gasteiger partial charge is 0.481 e. The average molecular weight is 578 g/mol. The number of hydrogen-bond donors (Lipinski definition) is 7. The van der Waals surface area contributed by atoms with Crippen LogP contribution < -0.4 is 21.7 Å². The fourth-order valence-electron chi connectivity index (χ4n) is 4.16. The number of aliphatic carboxylic acids is 2. The second-order valence-electron chi connectivity index (χ2n) is 10.0. The molecule has 0 saturated heterocycles. The first-order chi connectivity index (χ1) is 18.9. The van der Waals surface area contributed by atoms with E-state index < -0.39 is 60.2 Å². The van der Waals surface area contributed by atoms with E-state index in [1.54, 1.807) is 6.20 Å². The second kappa shape index (κ2) is 15.9. The van der Waals surface area contributed by atoms with Gasteiger partial charge in [-0.05, 0) is 48.8 Å². The summed E-state index contributed by atoms with van der Waals surface area (Å²) in [5, 5.41) is 27.4. The Hall–Kier alpha value is -3.58. The molecule has 0 aliphatic carbocycles. The van der Waals surface area contributed by atoms with Gasteiger partial charge < -0.3 is 36.9 Å². The van der Waals surface area contributed by atoms with Gasteiger partial charge in [-0.15, -0.1) is 0 Å². The molecule has 1 aromatic heterocycles. The van der Waals surface area contributed by atoms with E-state index in [2.05, 4.69) is 20.9 Å². The van der Waals surface area contributed by atoms with Gasteiger partial charge in [-0.2, -0.15) is 11.8 Å². The lowest BCUT2D eigenvalue weighted by atomic mass is 10.0. The highest BCUT2D eigenvalue weighted by molar-refractivity contribution is 7.98. The summed E-state index contributed by atoms with van der Waals surface area (Å²) in [6.45, 7) is 3.67. The molecular formula is C27H39N5O7S. The molecule has 40 heavy (non-hydrogen) atoms. The Morgan fingerprint density at radius 2 is 1.55 bits per heavy atom. The minimum Gasteiger partial charge on any atom is -0.481 e. The van der Waals surface area contributed by atoms with Gasteiger partial charge in [-0.25, -0.2) is 4.79 Å². The number of rotatable bonds is 17. The number of nitrogens with two attached hydrogens (primary N) is 1. The van der Waals surface area contributed by atoms with Gasteiger partial charge in [0, 0.05) is 29.9 Å². The van der Waals surface area contributed by atoms with Crippen LogP contribution >= 0.6 is 11.8 Å². The fraction of sp³-hybridized carbons (Fsp3) is 0.519. The van der Waals surface area contributed by atoms with Crippen molar-refractivity contribution in [3.8, 4) is 0 Å². The number of carbonyl (C=O) groups is 5. The molecule has 0 aliphatic rings. The van der Waals surface area contributed by atoms with Crippen molar-refractivity contribution in [3.05, 3.63) is 36.0 Å². The molecule has 4 unspecified atom stereocenters. The molecule has 0 spiro atoms. The maximum atomic E-state index is 13.3. The lowest BCUT2D eigenvalue weighted by Crippen LogP contribution is -2.57. The number of benzene rings is 1. The molecule has 12 nitrogen and oxygen atoms in total. The Bertz CT molecular complexity index is 1180. The van der Waals surface area contributed by atoms with Crippen molar-refractivity contribution < 1.29 is 34.2 Å². The van der Waals surface area contributed by atoms with Crippen LogP contribution in [0.25, 0.3) is 10.9 Å². The van der Waals surface area contributed by atoms with Crippen molar-refractivity contribution in [1.29, 1.82) is 0 Å². The number of aromatic nitrogens is 1. The number of nitrogens with one attached hydrogen (secondary N) is 4. The van der Waals surface area contributed by atoms with E-state index in [0.717, 1.165) is 10.9 Å². The van der Waals surface area contributed by atoms with Gasteiger partial charge >= 0.3 is 11.9 Å². The summed E-state index contributed by atoms with van der Waals surface area (Å²) in [5.74, 6) is -3.88. The number of carbonyl (C=O) groups excluding carboxylic acids is 3. The quantitative estimate of drug-likeness (QED) is 0.144. The van der Waals surface area contributed by atoms with Crippen LogP contribution in [-0.2, 0) is 30.4 Å². The molecule has 0 bridgehead atoms. The first kappa shape index (κ1) is 32.6. The molecule has 0 fully saturated rings. The van der Waals surface area contributed by atoms with E-state index in [4.69, 9.17) is 10.8 Å². The zero-order valence-corrected chi connectivity index (χ0v) is 23.8. The monoisotopic (exact) mass is 577 g/mol. The summed E-state index contributed by atoms with van der Waals surface area (Å²) in [4.78, 5) is 65.3. The van der Waals surface area contributed by atoms with Gasteiger partial charge in [0.05, 0.1) is 6.04 Å². The van der Waals surface area contributed by atoms with E-state index in [0.29, 0.717) is 17.7 Å². The Labute approximate surface area is 237 Å². The molecule has 13 heteroatoms. The van der Waals surface area contributed by atoms with E-state index in [1.165, 1.54) is 11.8 Å². The van der Waals surface area contributed by atoms with Crippen LogP contribution in [-0.4, -0.2) is 81.0 Å². The standard InChI is InChI=1S/C27H39N5O7S/c1-15(2)12-21(31-25(36)20(8-9-23(33)34)30-24(35)18(28)10-11-40-3)26(37)32-22(27(38)39)13-16-14-29-19-7-5-4-6-17(16)19/h4-7,14-15,18,20-22,29H,8-13,28H2,1-3H3,(H,30,35)(H,31,36)(H,32,37)(H,33,34)(H,38,39). The molecule has 1 aromatic carbocycles. The normalized spacial score (nSPS) is 14.2. The van der Waals surface area contributed by atoms with Gasteiger partial charge in [0.15, 0.2) is 0 Å². The van der Waals surface area contributed by atoms with Crippen molar-refractivity contribution >= 4 is 52.3 Å². The van der Waals surface area contributed by atoms with Crippen molar-refractivity contribution in [2.75, 3.05) is 12.0 Å². The molecule has 3 amide bonds. The van der Waals surface area contributed by atoms with Crippen LogP contribution in [0.3, 0.4) is 0 Å². The van der Waals surface area contributed by atoms with Crippen molar-refractivity contribution in [2.24, 2.45) is 11.7 Å². The second-order valence-corrected chi connectivity index (χ2v) is 11.0. The number of aromatic amines is 1. The number of para-hydroxylation sites is 1. The highest BCUT2D eigenvalue weighted by Gasteiger charge is 2.31. The third-order valence-electron chi connectivity index (χ3n) is 6.30.